The van der Waals surface area contributed by atoms with Crippen LogP contribution in [-0.4, -0.2) is 17.4 Å². The van der Waals surface area contributed by atoms with Gasteiger partial charge in [0.2, 0.25) is 0 Å². The molecule has 0 aromatic rings. The average molecular weight is 310 g/mol. The van der Waals surface area contributed by atoms with Crippen LogP contribution in [0.4, 0.5) is 0 Å². The van der Waals surface area contributed by atoms with E-state index in [1.54, 1.807) is 0 Å². The molecular weight excluding hydrogens is 302 g/mol. The summed E-state index contributed by atoms with van der Waals surface area (Å²) >= 11 is 0. The minimum absolute atomic E-state index is 0. The molecule has 14 heteroatoms. The molecule has 80 valence electrons. The van der Waals surface area contributed by atoms with Crippen LogP contribution in [0.25, 0.3) is 0 Å². The molecule has 0 fully saturated rings. The quantitative estimate of drug-likeness (QED) is 0.315. The Hall–Kier alpha value is 2.29. The van der Waals surface area contributed by atoms with Crippen molar-refractivity contribution < 1.29 is 67.4 Å². The molecule has 0 N–H and O–H groups in total. The van der Waals surface area contributed by atoms with Gasteiger partial charge in [0.15, 0.2) is 0 Å². The monoisotopic (exact) mass is 310 g/mol. The topological polar surface area (TPSA) is 161 Å². The third-order valence-electron chi connectivity index (χ3n) is 0. The Labute approximate surface area is 119 Å². The third-order valence-corrected chi connectivity index (χ3v) is 0. The Morgan fingerprint density at radius 2 is 0.571 bits per heavy atom. The van der Waals surface area contributed by atoms with Crippen LogP contribution in [0.3, 0.4) is 0 Å². The van der Waals surface area contributed by atoms with E-state index in [0.29, 0.717) is 0 Å². The maximum absolute atomic E-state index is 8.46. The molecule has 0 aliphatic rings. The molecule has 8 nitrogen and oxygen atoms in total. The molecule has 0 saturated heterocycles. The summed E-state index contributed by atoms with van der Waals surface area (Å²) in [5.74, 6) is 0. The molecule has 0 heterocycles. The molecule has 0 aromatic carbocycles. The Balaban J connectivity index is -0.0000000145. The summed E-state index contributed by atoms with van der Waals surface area (Å²) in [6.07, 6.45) is 0. The molecule has 0 bridgehead atoms. The minimum Gasteiger partial charge on any atom is -0.804 e. The molecule has 0 aliphatic carbocycles. The maximum atomic E-state index is 8.46. The van der Waals surface area contributed by atoms with Crippen molar-refractivity contribution >= 4 is 52.1 Å². The maximum Gasteiger partial charge on any atom is 3.00 e. The predicted molar refractivity (Wildman–Crippen MR) is 47.3 cm³/mol. The Morgan fingerprint density at radius 1 is 0.571 bits per heavy atom. The van der Waals surface area contributed by atoms with Gasteiger partial charge in [-0.2, -0.15) is 0 Å². The largest absolute Gasteiger partial charge is 3.00 e. The first-order valence-electron chi connectivity index (χ1n) is 1.89. The van der Waals surface area contributed by atoms with Crippen LogP contribution in [-0.2, 0) is 18.3 Å². The van der Waals surface area contributed by atoms with Crippen molar-refractivity contribution in [1.82, 2.24) is 0 Å². The van der Waals surface area contributed by atoms with E-state index in [4.69, 9.17) is 37.8 Å². The van der Waals surface area contributed by atoms with Gasteiger partial charge in [0.1, 0.15) is 0 Å². The van der Waals surface area contributed by atoms with Crippen molar-refractivity contribution in [2.75, 3.05) is 0 Å². The summed E-state index contributed by atoms with van der Waals surface area (Å²) in [6, 6.07) is 0. The second-order valence-corrected chi connectivity index (χ2v) is 1.15. The van der Waals surface area contributed by atoms with E-state index < -0.39 is 34.7 Å². The summed E-state index contributed by atoms with van der Waals surface area (Å²) in [6.45, 7) is 0. The molecular formula is H8AlNaO8P4. The van der Waals surface area contributed by atoms with Gasteiger partial charge in [0.05, 0.1) is 0 Å². The van der Waals surface area contributed by atoms with Crippen molar-refractivity contribution in [3.63, 3.8) is 0 Å². The Morgan fingerprint density at radius 3 is 0.571 bits per heavy atom. The van der Waals surface area contributed by atoms with E-state index in [9.17, 15) is 0 Å². The molecule has 0 aromatic heterocycles. The molecule has 4 atom stereocenters. The van der Waals surface area contributed by atoms with Gasteiger partial charge in [-0.3, -0.25) is 0 Å². The van der Waals surface area contributed by atoms with Crippen molar-refractivity contribution in [2.24, 2.45) is 0 Å². The van der Waals surface area contributed by atoms with Crippen LogP contribution in [0.1, 0.15) is 0 Å². The van der Waals surface area contributed by atoms with Crippen LogP contribution in [0.2, 0.25) is 0 Å². The van der Waals surface area contributed by atoms with E-state index in [-0.39, 0.29) is 46.9 Å². The van der Waals surface area contributed by atoms with Crippen molar-refractivity contribution in [2.45, 2.75) is 0 Å². The minimum atomic E-state index is -1.75. The van der Waals surface area contributed by atoms with Gasteiger partial charge in [-0.05, 0) is 34.7 Å². The van der Waals surface area contributed by atoms with E-state index in [0.717, 1.165) is 0 Å². The van der Waals surface area contributed by atoms with Gasteiger partial charge < -0.3 is 37.8 Å². The van der Waals surface area contributed by atoms with Crippen LogP contribution in [0.5, 0.6) is 0 Å². The van der Waals surface area contributed by atoms with Gasteiger partial charge in [-0.1, -0.05) is 0 Å². The number of rotatable bonds is 0. The van der Waals surface area contributed by atoms with Crippen LogP contribution in [0.15, 0.2) is 0 Å². The van der Waals surface area contributed by atoms with Crippen molar-refractivity contribution in [3.05, 3.63) is 0 Å². The zero-order valence-electron chi connectivity index (χ0n) is 7.15. The number of hydrogen-bond donors (Lipinski definition) is 0. The fourth-order valence-corrected chi connectivity index (χ4v) is 0. The van der Waals surface area contributed by atoms with Gasteiger partial charge in [0.25, 0.3) is 0 Å². The average Bonchev–Trinajstić information content (AvgIpc) is 1.92. The second-order valence-electron chi connectivity index (χ2n) is 0.385. The van der Waals surface area contributed by atoms with Crippen LogP contribution >= 0.6 is 34.7 Å². The molecule has 0 spiro atoms. The first-order chi connectivity index (χ1) is 5.66. The molecule has 14 heavy (non-hydrogen) atoms. The summed E-state index contributed by atoms with van der Waals surface area (Å²) in [5, 5.41) is 0. The fourth-order valence-electron chi connectivity index (χ4n) is 0. The molecule has 4 unspecified atom stereocenters. The third kappa shape index (κ3) is 481. The summed E-state index contributed by atoms with van der Waals surface area (Å²) < 4.78 is 33.8. The Bertz CT molecular complexity index is 75.3. The number of hydrogen-bond acceptors (Lipinski definition) is 8. The van der Waals surface area contributed by atoms with E-state index in [1.807, 2.05) is 0 Å². The standard InChI is InChI=1S/Al.Na.4H3O2P/c;;4*1-3-2/h;;4*3H2,(H,1,2)/q+3;+1;;;;/p-4. The summed E-state index contributed by atoms with van der Waals surface area (Å²) in [5.41, 5.74) is 0. The normalized spacial score (nSPS) is 8.29. The van der Waals surface area contributed by atoms with Crippen LogP contribution in [0, 0.1) is 0 Å². The SMILES string of the molecule is O=[PH2][O-].O=[PH2][O-].O=[PH2][O-].O=[PH2][O-].[Al+3].[Na+]. The summed E-state index contributed by atoms with van der Waals surface area (Å²) in [7, 11) is -7.00. The van der Waals surface area contributed by atoms with Gasteiger partial charge in [-0.25, -0.2) is 0 Å². The van der Waals surface area contributed by atoms with Gasteiger partial charge in [0, 0.05) is 0 Å². The first-order valence-corrected chi connectivity index (χ1v) is 5.66. The van der Waals surface area contributed by atoms with Gasteiger partial charge >= 0.3 is 46.9 Å². The molecule has 0 saturated carbocycles. The smallest absolute Gasteiger partial charge is 0.804 e. The molecule has 0 rings (SSSR count). The van der Waals surface area contributed by atoms with Gasteiger partial charge in [-0.15, -0.1) is 0 Å². The van der Waals surface area contributed by atoms with Crippen LogP contribution < -0.4 is 49.1 Å². The summed E-state index contributed by atoms with van der Waals surface area (Å²) in [4.78, 5) is 33.8. The molecule has 0 aliphatic heterocycles. The fraction of sp³-hybridized carbons (Fsp3) is 0. The van der Waals surface area contributed by atoms with Crippen molar-refractivity contribution in [3.8, 4) is 0 Å². The van der Waals surface area contributed by atoms with E-state index >= 15 is 0 Å². The van der Waals surface area contributed by atoms with Crippen molar-refractivity contribution in [1.29, 1.82) is 0 Å². The van der Waals surface area contributed by atoms with E-state index in [1.165, 1.54) is 0 Å². The zero-order valence-corrected chi connectivity index (χ0v) is 14.9. The second kappa shape index (κ2) is 78.9. The molecule has 0 radical (unpaired) electrons. The molecule has 0 amide bonds. The Kier molecular flexibility index (Phi) is 203. The first kappa shape index (κ1) is 36.0. The zero-order chi connectivity index (χ0) is 10.8. The predicted octanol–water partition coefficient (Wildman–Crippen LogP) is -7.30. The van der Waals surface area contributed by atoms with E-state index in [2.05, 4.69) is 0 Å².